The number of halogens is 2. The number of imidazole rings is 1. The molecule has 2 heterocycles. The topological polar surface area (TPSA) is 49.0 Å². The van der Waals surface area contributed by atoms with Crippen LogP contribution in [-0.4, -0.2) is 33.9 Å². The quantitative estimate of drug-likeness (QED) is 0.593. The van der Waals surface area contributed by atoms with Crippen molar-refractivity contribution >= 4 is 39.5 Å². The van der Waals surface area contributed by atoms with E-state index < -0.39 is 0 Å². The first-order valence-corrected chi connectivity index (χ1v) is 9.38. The molecule has 4 rings (SSSR count). The van der Waals surface area contributed by atoms with Gasteiger partial charge >= 0.3 is 0 Å². The van der Waals surface area contributed by atoms with Crippen LogP contribution in [0.15, 0.2) is 42.5 Å². The Labute approximate surface area is 158 Å². The van der Waals surface area contributed by atoms with Crippen molar-refractivity contribution in [3.05, 3.63) is 63.2 Å². The molecule has 3 aromatic rings. The van der Waals surface area contributed by atoms with E-state index in [4.69, 9.17) is 0 Å². The van der Waals surface area contributed by atoms with Crippen molar-refractivity contribution in [2.75, 3.05) is 13.1 Å². The number of amides is 1. The third kappa shape index (κ3) is 3.27. The predicted octanol–water partition coefficient (Wildman–Crippen LogP) is 4.33. The van der Waals surface area contributed by atoms with Crippen LogP contribution in [0.4, 0.5) is 4.39 Å². The molecule has 2 aromatic carbocycles. The van der Waals surface area contributed by atoms with Gasteiger partial charge in [-0.2, -0.15) is 0 Å². The van der Waals surface area contributed by atoms with Gasteiger partial charge in [0.15, 0.2) is 0 Å². The first kappa shape index (κ1) is 16.5. The summed E-state index contributed by atoms with van der Waals surface area (Å²) < 4.78 is 13.9. The molecule has 1 amide bonds. The highest BCUT2D eigenvalue weighted by atomic mass is 127. The van der Waals surface area contributed by atoms with Gasteiger partial charge in [-0.15, -0.1) is 0 Å². The number of benzene rings is 2. The van der Waals surface area contributed by atoms with Crippen molar-refractivity contribution in [2.45, 2.75) is 18.8 Å². The second-order valence-electron chi connectivity index (χ2n) is 6.33. The molecule has 6 heteroatoms. The smallest absolute Gasteiger partial charge is 0.254 e. The summed E-state index contributed by atoms with van der Waals surface area (Å²) in [6.45, 7) is 1.38. The van der Waals surface area contributed by atoms with Gasteiger partial charge in [0.2, 0.25) is 0 Å². The molecule has 1 fully saturated rings. The summed E-state index contributed by atoms with van der Waals surface area (Å²) in [7, 11) is 0. The SMILES string of the molecule is O=C(c1ccc(F)cc1I)N1CCC(c2nc3ccccc3[nH]2)CC1. The Bertz CT molecular complexity index is 898. The molecule has 1 N–H and O–H groups in total. The fourth-order valence-electron chi connectivity index (χ4n) is 3.36. The van der Waals surface area contributed by atoms with Crippen LogP contribution in [0.1, 0.15) is 34.9 Å². The highest BCUT2D eigenvalue weighted by Gasteiger charge is 2.27. The Balaban J connectivity index is 1.46. The van der Waals surface area contributed by atoms with Crippen LogP contribution in [-0.2, 0) is 0 Å². The van der Waals surface area contributed by atoms with Crippen molar-refractivity contribution < 1.29 is 9.18 Å². The maximum Gasteiger partial charge on any atom is 0.254 e. The van der Waals surface area contributed by atoms with E-state index >= 15 is 0 Å². The van der Waals surface area contributed by atoms with Crippen LogP contribution in [0, 0.1) is 9.39 Å². The molecule has 1 aliphatic rings. The first-order valence-electron chi connectivity index (χ1n) is 8.31. The van der Waals surface area contributed by atoms with E-state index in [0.29, 0.717) is 28.1 Å². The number of likely N-dealkylation sites (tertiary alicyclic amines) is 1. The van der Waals surface area contributed by atoms with Crippen LogP contribution in [0.25, 0.3) is 11.0 Å². The number of carbonyl (C=O) groups excluding carboxylic acids is 1. The molecule has 0 aliphatic carbocycles. The second-order valence-corrected chi connectivity index (χ2v) is 7.49. The molecular weight excluding hydrogens is 432 g/mol. The van der Waals surface area contributed by atoms with Crippen molar-refractivity contribution in [1.82, 2.24) is 14.9 Å². The zero-order chi connectivity index (χ0) is 17.4. The summed E-state index contributed by atoms with van der Waals surface area (Å²) in [5.41, 5.74) is 2.61. The number of aromatic amines is 1. The minimum atomic E-state index is -0.315. The van der Waals surface area contributed by atoms with E-state index in [0.717, 1.165) is 29.7 Å². The van der Waals surface area contributed by atoms with Gasteiger partial charge in [-0.3, -0.25) is 4.79 Å². The molecule has 1 aromatic heterocycles. The molecule has 4 nitrogen and oxygen atoms in total. The average Bonchev–Trinajstić information content (AvgIpc) is 3.05. The second kappa shape index (κ2) is 6.74. The van der Waals surface area contributed by atoms with Crippen molar-refractivity contribution in [3.8, 4) is 0 Å². The number of H-pyrrole nitrogens is 1. The van der Waals surface area contributed by atoms with Crippen molar-refractivity contribution in [3.63, 3.8) is 0 Å². The molecule has 0 spiro atoms. The zero-order valence-corrected chi connectivity index (χ0v) is 15.7. The lowest BCUT2D eigenvalue weighted by Gasteiger charge is -2.31. The number of hydrogen-bond donors (Lipinski definition) is 1. The van der Waals surface area contributed by atoms with E-state index in [1.165, 1.54) is 12.1 Å². The van der Waals surface area contributed by atoms with Gasteiger partial charge in [0.05, 0.1) is 16.6 Å². The molecular formula is C19H17FIN3O. The van der Waals surface area contributed by atoms with Gasteiger partial charge in [0, 0.05) is 22.6 Å². The summed E-state index contributed by atoms with van der Waals surface area (Å²) in [5.74, 6) is 1.01. The fraction of sp³-hybridized carbons (Fsp3) is 0.263. The van der Waals surface area contributed by atoms with Crippen LogP contribution >= 0.6 is 22.6 Å². The molecule has 0 radical (unpaired) electrons. The predicted molar refractivity (Wildman–Crippen MR) is 103 cm³/mol. The number of piperidine rings is 1. The molecule has 128 valence electrons. The normalized spacial score (nSPS) is 15.7. The van der Waals surface area contributed by atoms with E-state index in [2.05, 4.69) is 9.97 Å². The Hall–Kier alpha value is -1.96. The number of rotatable bonds is 2. The largest absolute Gasteiger partial charge is 0.342 e. The van der Waals surface area contributed by atoms with Gasteiger partial charge < -0.3 is 9.88 Å². The third-order valence-electron chi connectivity index (χ3n) is 4.74. The molecule has 0 bridgehead atoms. The van der Waals surface area contributed by atoms with Gasteiger partial charge in [-0.1, -0.05) is 12.1 Å². The lowest BCUT2D eigenvalue weighted by Crippen LogP contribution is -2.38. The van der Waals surface area contributed by atoms with E-state index in [1.54, 1.807) is 6.07 Å². The number of carbonyl (C=O) groups is 1. The fourth-order valence-corrected chi connectivity index (χ4v) is 4.06. The van der Waals surface area contributed by atoms with E-state index in [1.807, 2.05) is 51.8 Å². The Morgan fingerprint density at radius 1 is 1.20 bits per heavy atom. The number of nitrogens with one attached hydrogen (secondary N) is 1. The van der Waals surface area contributed by atoms with Gasteiger partial charge in [-0.25, -0.2) is 9.37 Å². The summed E-state index contributed by atoms with van der Waals surface area (Å²) in [6.07, 6.45) is 1.76. The highest BCUT2D eigenvalue weighted by molar-refractivity contribution is 14.1. The van der Waals surface area contributed by atoms with E-state index in [9.17, 15) is 9.18 Å². The number of para-hydroxylation sites is 2. The van der Waals surface area contributed by atoms with Gasteiger partial charge in [0.1, 0.15) is 11.6 Å². The number of aromatic nitrogens is 2. The van der Waals surface area contributed by atoms with Crippen molar-refractivity contribution in [1.29, 1.82) is 0 Å². The number of fused-ring (bicyclic) bond motifs is 1. The van der Waals surface area contributed by atoms with Gasteiger partial charge in [-0.05, 0) is 65.8 Å². The zero-order valence-electron chi connectivity index (χ0n) is 13.5. The third-order valence-corrected chi connectivity index (χ3v) is 5.63. The molecule has 1 saturated heterocycles. The Morgan fingerprint density at radius 2 is 1.96 bits per heavy atom. The Morgan fingerprint density at radius 3 is 2.68 bits per heavy atom. The van der Waals surface area contributed by atoms with Crippen LogP contribution in [0.3, 0.4) is 0 Å². The first-order chi connectivity index (χ1) is 12.1. The minimum Gasteiger partial charge on any atom is -0.342 e. The lowest BCUT2D eigenvalue weighted by molar-refractivity contribution is 0.0710. The van der Waals surface area contributed by atoms with Crippen LogP contribution < -0.4 is 0 Å². The van der Waals surface area contributed by atoms with Gasteiger partial charge in [0.25, 0.3) is 5.91 Å². The number of hydrogen-bond acceptors (Lipinski definition) is 2. The van der Waals surface area contributed by atoms with Crippen LogP contribution in [0.5, 0.6) is 0 Å². The lowest BCUT2D eigenvalue weighted by atomic mass is 9.95. The standard InChI is InChI=1S/C19H17FIN3O/c20-13-5-6-14(15(21)11-13)19(25)24-9-7-12(8-10-24)18-22-16-3-1-2-4-17(16)23-18/h1-6,11-12H,7-10H2,(H,22,23). The van der Waals surface area contributed by atoms with Crippen molar-refractivity contribution in [2.24, 2.45) is 0 Å². The maximum atomic E-state index is 13.2. The maximum absolute atomic E-state index is 13.2. The summed E-state index contributed by atoms with van der Waals surface area (Å²) in [4.78, 5) is 22.6. The molecule has 1 aliphatic heterocycles. The summed E-state index contributed by atoms with van der Waals surface area (Å²) in [5, 5.41) is 0. The summed E-state index contributed by atoms with van der Waals surface area (Å²) >= 11 is 2.02. The minimum absolute atomic E-state index is 0.0209. The molecule has 0 atom stereocenters. The summed E-state index contributed by atoms with van der Waals surface area (Å²) in [6, 6.07) is 12.3. The average molecular weight is 449 g/mol. The highest BCUT2D eigenvalue weighted by Crippen LogP contribution is 2.29. The molecule has 0 saturated carbocycles. The number of nitrogens with zero attached hydrogens (tertiary/aromatic N) is 2. The molecule has 0 unspecified atom stereocenters. The monoisotopic (exact) mass is 449 g/mol. The molecule has 25 heavy (non-hydrogen) atoms. The van der Waals surface area contributed by atoms with Crippen LogP contribution in [0.2, 0.25) is 0 Å². The van der Waals surface area contributed by atoms with E-state index in [-0.39, 0.29) is 11.7 Å². The Kier molecular flexibility index (Phi) is 4.45.